The molecule has 7 heteroatoms. The average molecular weight is 351 g/mol. The van der Waals surface area contributed by atoms with Crippen LogP contribution in [0.1, 0.15) is 35.9 Å². The number of nitrogens with zero attached hydrogens (tertiary/aromatic N) is 3. The van der Waals surface area contributed by atoms with Gasteiger partial charge in [0.05, 0.1) is 5.02 Å². The topological polar surface area (TPSA) is 58.1 Å². The number of unbranched alkanes of at least 4 members (excludes halogenated alkanes) is 1. The number of carbonyl (C=O) groups is 1. The van der Waals surface area contributed by atoms with E-state index >= 15 is 0 Å². The summed E-state index contributed by atoms with van der Waals surface area (Å²) in [7, 11) is 1.75. The second-order valence-corrected chi connectivity index (χ2v) is 5.96. The molecule has 0 aliphatic carbocycles. The molecule has 1 heterocycles. The van der Waals surface area contributed by atoms with Crippen molar-refractivity contribution in [1.29, 1.82) is 0 Å². The molecule has 2 rings (SSSR count). The maximum Gasteiger partial charge on any atom is 0.272 e. The number of carbonyl (C=O) groups excluding carboxylic acids is 1. The van der Waals surface area contributed by atoms with Crippen LogP contribution in [0.5, 0.6) is 0 Å². The highest BCUT2D eigenvalue weighted by atomic mass is 35.5. The lowest BCUT2D eigenvalue weighted by Crippen LogP contribution is -2.28. The zero-order valence-corrected chi connectivity index (χ0v) is 14.7. The first-order valence-electron chi connectivity index (χ1n) is 7.74. The summed E-state index contributed by atoms with van der Waals surface area (Å²) in [5.74, 6) is -0.389. The van der Waals surface area contributed by atoms with Crippen molar-refractivity contribution in [3.05, 3.63) is 46.5 Å². The van der Waals surface area contributed by atoms with E-state index in [1.165, 1.54) is 18.2 Å². The van der Waals surface area contributed by atoms with Gasteiger partial charge in [0.2, 0.25) is 5.95 Å². The minimum absolute atomic E-state index is 0.00301. The van der Waals surface area contributed by atoms with Gasteiger partial charge in [-0.15, -0.1) is 0 Å². The summed E-state index contributed by atoms with van der Waals surface area (Å²) in [5, 5.41) is 2.95. The highest BCUT2D eigenvalue weighted by Gasteiger charge is 2.15. The zero-order valence-electron chi connectivity index (χ0n) is 13.9. The van der Waals surface area contributed by atoms with Gasteiger partial charge in [-0.3, -0.25) is 4.79 Å². The molecular formula is C17H20ClFN4O. The van der Waals surface area contributed by atoms with E-state index in [9.17, 15) is 9.18 Å². The van der Waals surface area contributed by atoms with Gasteiger partial charge in [0.15, 0.2) is 0 Å². The summed E-state index contributed by atoms with van der Waals surface area (Å²) < 4.78 is 13.2. The third kappa shape index (κ3) is 4.64. The molecule has 0 fully saturated rings. The Hall–Kier alpha value is -2.21. The Kier molecular flexibility index (Phi) is 6.09. The van der Waals surface area contributed by atoms with Crippen LogP contribution >= 0.6 is 11.6 Å². The van der Waals surface area contributed by atoms with E-state index in [2.05, 4.69) is 22.2 Å². The highest BCUT2D eigenvalue weighted by molar-refractivity contribution is 6.31. The zero-order chi connectivity index (χ0) is 17.7. The van der Waals surface area contributed by atoms with E-state index in [1.807, 2.05) is 0 Å². The maximum absolute atomic E-state index is 13.2. The van der Waals surface area contributed by atoms with Crippen molar-refractivity contribution in [2.75, 3.05) is 18.9 Å². The number of amides is 1. The Morgan fingerprint density at radius 1 is 1.33 bits per heavy atom. The summed E-state index contributed by atoms with van der Waals surface area (Å²) >= 11 is 5.77. The van der Waals surface area contributed by atoms with Gasteiger partial charge in [-0.2, -0.15) is 0 Å². The quantitative estimate of drug-likeness (QED) is 0.848. The molecule has 0 bridgehead atoms. The Balaban J connectivity index is 2.21. The molecule has 0 aliphatic heterocycles. The first-order valence-corrected chi connectivity index (χ1v) is 8.11. The molecule has 1 aromatic carbocycles. The number of hydrogen-bond acceptors (Lipinski definition) is 4. The number of halogens is 2. The van der Waals surface area contributed by atoms with E-state index in [-0.39, 0.29) is 16.9 Å². The van der Waals surface area contributed by atoms with Crippen LogP contribution in [0.2, 0.25) is 5.02 Å². The van der Waals surface area contributed by atoms with Crippen molar-refractivity contribution in [2.24, 2.45) is 0 Å². The van der Waals surface area contributed by atoms with Crippen LogP contribution in [0.25, 0.3) is 0 Å². The minimum atomic E-state index is -0.499. The molecule has 0 spiro atoms. The second-order valence-electron chi connectivity index (χ2n) is 5.55. The monoisotopic (exact) mass is 350 g/mol. The molecule has 1 amide bonds. The van der Waals surface area contributed by atoms with Crippen molar-refractivity contribution >= 4 is 29.1 Å². The van der Waals surface area contributed by atoms with Crippen molar-refractivity contribution in [1.82, 2.24) is 14.9 Å². The fraction of sp³-hybridized carbons (Fsp3) is 0.353. The van der Waals surface area contributed by atoms with Crippen LogP contribution in [0.4, 0.5) is 16.0 Å². The fourth-order valence-electron chi connectivity index (χ4n) is 2.13. The molecule has 24 heavy (non-hydrogen) atoms. The van der Waals surface area contributed by atoms with Crippen LogP contribution < -0.4 is 5.32 Å². The first-order chi connectivity index (χ1) is 11.4. The van der Waals surface area contributed by atoms with Crippen LogP contribution in [0.15, 0.2) is 24.3 Å². The van der Waals surface area contributed by atoms with Gasteiger partial charge >= 0.3 is 0 Å². The number of benzene rings is 1. The van der Waals surface area contributed by atoms with E-state index in [4.69, 9.17) is 11.6 Å². The average Bonchev–Trinajstić information content (AvgIpc) is 2.54. The second kappa shape index (κ2) is 8.06. The van der Waals surface area contributed by atoms with Gasteiger partial charge in [0, 0.05) is 25.0 Å². The van der Waals surface area contributed by atoms with Gasteiger partial charge in [-0.05, 0) is 37.6 Å². The SMILES string of the molecule is CCCCN(C)C(=O)c1cc(C)nc(Nc2ccc(F)c(Cl)c2)n1. The molecule has 128 valence electrons. The third-order valence-electron chi connectivity index (χ3n) is 3.44. The van der Waals surface area contributed by atoms with Gasteiger partial charge in [-0.25, -0.2) is 14.4 Å². The largest absolute Gasteiger partial charge is 0.340 e. The summed E-state index contributed by atoms with van der Waals surface area (Å²) in [6.45, 7) is 4.53. The fourth-order valence-corrected chi connectivity index (χ4v) is 2.31. The molecule has 5 nitrogen and oxygen atoms in total. The van der Waals surface area contributed by atoms with Crippen molar-refractivity contribution in [3.8, 4) is 0 Å². The first kappa shape index (κ1) is 18.1. The van der Waals surface area contributed by atoms with Crippen molar-refractivity contribution < 1.29 is 9.18 Å². The predicted octanol–water partition coefficient (Wildman–Crippen LogP) is 4.19. The molecule has 1 aromatic heterocycles. The maximum atomic E-state index is 13.2. The van der Waals surface area contributed by atoms with E-state index in [1.54, 1.807) is 24.9 Å². The summed E-state index contributed by atoms with van der Waals surface area (Å²) in [5.41, 5.74) is 1.52. The third-order valence-corrected chi connectivity index (χ3v) is 3.73. The lowest BCUT2D eigenvalue weighted by Gasteiger charge is -2.17. The Labute approximate surface area is 145 Å². The van der Waals surface area contributed by atoms with Gasteiger partial charge in [-0.1, -0.05) is 24.9 Å². The summed E-state index contributed by atoms with van der Waals surface area (Å²) in [4.78, 5) is 22.6. The highest BCUT2D eigenvalue weighted by Crippen LogP contribution is 2.21. The Morgan fingerprint density at radius 3 is 2.75 bits per heavy atom. The standard InChI is InChI=1S/C17H20ClFN4O/c1-4-5-8-23(3)16(24)15-9-11(2)20-17(22-15)21-12-6-7-14(19)13(18)10-12/h6-7,9-10H,4-5,8H2,1-3H3,(H,20,21,22). The molecular weight excluding hydrogens is 331 g/mol. The molecule has 0 atom stereocenters. The number of hydrogen-bond donors (Lipinski definition) is 1. The summed E-state index contributed by atoms with van der Waals surface area (Å²) in [6, 6.07) is 5.87. The van der Waals surface area contributed by atoms with E-state index in [0.29, 0.717) is 23.6 Å². The number of aromatic nitrogens is 2. The number of aryl methyl sites for hydroxylation is 1. The van der Waals surface area contributed by atoms with Gasteiger partial charge in [0.25, 0.3) is 5.91 Å². The molecule has 0 saturated carbocycles. The molecule has 1 N–H and O–H groups in total. The number of anilines is 2. The van der Waals surface area contributed by atoms with Crippen molar-refractivity contribution in [3.63, 3.8) is 0 Å². The van der Waals surface area contributed by atoms with Crippen LogP contribution in [0, 0.1) is 12.7 Å². The Bertz CT molecular complexity index is 739. The normalized spacial score (nSPS) is 10.5. The van der Waals surface area contributed by atoms with Gasteiger partial charge in [0.1, 0.15) is 11.5 Å². The van der Waals surface area contributed by atoms with E-state index < -0.39 is 5.82 Å². The molecule has 0 aliphatic rings. The molecule has 0 radical (unpaired) electrons. The smallest absolute Gasteiger partial charge is 0.272 e. The Morgan fingerprint density at radius 2 is 2.08 bits per heavy atom. The van der Waals surface area contributed by atoms with Crippen molar-refractivity contribution in [2.45, 2.75) is 26.7 Å². The van der Waals surface area contributed by atoms with E-state index in [0.717, 1.165) is 12.8 Å². The lowest BCUT2D eigenvalue weighted by molar-refractivity contribution is 0.0787. The summed E-state index contributed by atoms with van der Waals surface area (Å²) in [6.07, 6.45) is 1.95. The molecule has 0 saturated heterocycles. The number of rotatable bonds is 6. The molecule has 0 unspecified atom stereocenters. The van der Waals surface area contributed by atoms with Crippen LogP contribution in [-0.2, 0) is 0 Å². The van der Waals surface area contributed by atoms with Crippen LogP contribution in [-0.4, -0.2) is 34.4 Å². The molecule has 2 aromatic rings. The number of nitrogens with one attached hydrogen (secondary N) is 1. The predicted molar refractivity (Wildman–Crippen MR) is 93.3 cm³/mol. The van der Waals surface area contributed by atoms with Crippen LogP contribution in [0.3, 0.4) is 0 Å². The lowest BCUT2D eigenvalue weighted by atomic mass is 10.2. The van der Waals surface area contributed by atoms with Gasteiger partial charge < -0.3 is 10.2 Å². The minimum Gasteiger partial charge on any atom is -0.340 e.